The van der Waals surface area contributed by atoms with E-state index < -0.39 is 14.4 Å². The molecule has 0 fully saturated rings. The molecular formula is C31H42O4Si. The van der Waals surface area contributed by atoms with Crippen LogP contribution in [0, 0.1) is 0 Å². The van der Waals surface area contributed by atoms with E-state index in [1.807, 2.05) is 37.3 Å². The first-order valence-electron chi connectivity index (χ1n) is 13.0. The summed E-state index contributed by atoms with van der Waals surface area (Å²) in [4.78, 5) is 0. The minimum Gasteiger partial charge on any atom is -0.407 e. The molecule has 0 bridgehead atoms. The molecule has 3 aromatic rings. The van der Waals surface area contributed by atoms with Crippen LogP contribution in [0.25, 0.3) is 0 Å². The molecule has 0 saturated heterocycles. The van der Waals surface area contributed by atoms with Crippen LogP contribution in [0.2, 0.25) is 5.04 Å². The van der Waals surface area contributed by atoms with Gasteiger partial charge in [-0.3, -0.25) is 0 Å². The Morgan fingerprint density at radius 2 is 1.31 bits per heavy atom. The molecule has 0 heterocycles. The summed E-state index contributed by atoms with van der Waals surface area (Å²) in [6, 6.07) is 31.4. The summed E-state index contributed by atoms with van der Waals surface area (Å²) >= 11 is 0. The summed E-state index contributed by atoms with van der Waals surface area (Å²) in [5.41, 5.74) is 1.11. The molecule has 0 unspecified atom stereocenters. The lowest BCUT2D eigenvalue weighted by Crippen LogP contribution is -2.66. The summed E-state index contributed by atoms with van der Waals surface area (Å²) in [5.74, 6) is 0. The fourth-order valence-electron chi connectivity index (χ4n) is 4.68. The van der Waals surface area contributed by atoms with Gasteiger partial charge in [0, 0.05) is 13.2 Å². The van der Waals surface area contributed by atoms with E-state index in [-0.39, 0.29) is 11.1 Å². The molecule has 0 aliphatic heterocycles. The molecule has 0 aliphatic carbocycles. The maximum atomic E-state index is 10.5. The van der Waals surface area contributed by atoms with Gasteiger partial charge < -0.3 is 19.0 Å². The first kappa shape index (κ1) is 28.3. The number of benzene rings is 3. The molecule has 1 N–H and O–H groups in total. The van der Waals surface area contributed by atoms with Crippen LogP contribution in [0.3, 0.4) is 0 Å². The van der Waals surface area contributed by atoms with Crippen LogP contribution >= 0.6 is 0 Å². The number of rotatable bonds is 14. The highest BCUT2D eigenvalue weighted by molar-refractivity contribution is 6.99. The number of hydrogen-bond donors (Lipinski definition) is 1. The van der Waals surface area contributed by atoms with Crippen molar-refractivity contribution in [1.29, 1.82) is 0 Å². The zero-order valence-electron chi connectivity index (χ0n) is 22.2. The largest absolute Gasteiger partial charge is 0.407 e. The van der Waals surface area contributed by atoms with Gasteiger partial charge in [-0.15, -0.1) is 0 Å². The third-order valence-corrected chi connectivity index (χ3v) is 11.6. The van der Waals surface area contributed by atoms with Gasteiger partial charge in [-0.25, -0.2) is 0 Å². The molecule has 0 radical (unpaired) electrons. The average molecular weight is 507 g/mol. The Balaban J connectivity index is 1.62. The van der Waals surface area contributed by atoms with Crippen molar-refractivity contribution in [2.75, 3.05) is 19.8 Å². The van der Waals surface area contributed by atoms with Crippen molar-refractivity contribution in [2.45, 2.75) is 64.4 Å². The molecule has 4 nitrogen and oxygen atoms in total. The average Bonchev–Trinajstić information content (AvgIpc) is 2.90. The first-order valence-corrected chi connectivity index (χ1v) is 15.0. The first-order chi connectivity index (χ1) is 17.4. The molecule has 0 amide bonds. The van der Waals surface area contributed by atoms with Crippen LogP contribution in [-0.4, -0.2) is 45.5 Å². The van der Waals surface area contributed by atoms with Crippen LogP contribution in [0.15, 0.2) is 91.0 Å². The van der Waals surface area contributed by atoms with Gasteiger partial charge in [0.2, 0.25) is 0 Å². The summed E-state index contributed by atoms with van der Waals surface area (Å²) in [7, 11) is -2.54. The third kappa shape index (κ3) is 7.37. The zero-order valence-corrected chi connectivity index (χ0v) is 23.2. The SMILES string of the molecule is CC[C@@H](O)[C@H](COCc1ccccc1)OCCCO[Si](c1ccccc1)(c1ccccc1)C(C)(C)C. The Morgan fingerprint density at radius 3 is 1.81 bits per heavy atom. The number of ether oxygens (including phenoxy) is 2. The van der Waals surface area contributed by atoms with Gasteiger partial charge in [0.05, 0.1) is 19.3 Å². The predicted molar refractivity (Wildman–Crippen MR) is 150 cm³/mol. The molecule has 3 rings (SSSR count). The zero-order chi connectivity index (χ0) is 25.9. The molecule has 0 aromatic heterocycles. The minimum atomic E-state index is -2.54. The normalized spacial score (nSPS) is 13.9. The number of aliphatic hydroxyl groups excluding tert-OH is 1. The third-order valence-electron chi connectivity index (χ3n) is 6.60. The molecule has 5 heteroatoms. The van der Waals surface area contributed by atoms with Crippen LogP contribution in [-0.2, 0) is 20.5 Å². The van der Waals surface area contributed by atoms with Crippen LogP contribution < -0.4 is 10.4 Å². The minimum absolute atomic E-state index is 0.0528. The van der Waals surface area contributed by atoms with E-state index in [9.17, 15) is 5.11 Å². The van der Waals surface area contributed by atoms with Crippen LogP contribution in [0.5, 0.6) is 0 Å². The fraction of sp³-hybridized carbons (Fsp3) is 0.419. The molecule has 2 atom stereocenters. The Bertz CT molecular complexity index is 950. The molecule has 194 valence electrons. The van der Waals surface area contributed by atoms with Crippen LogP contribution in [0.4, 0.5) is 0 Å². The number of hydrogen-bond acceptors (Lipinski definition) is 4. The maximum Gasteiger partial charge on any atom is 0.261 e. The van der Waals surface area contributed by atoms with E-state index >= 15 is 0 Å². The molecule has 0 spiro atoms. The van der Waals surface area contributed by atoms with Crippen molar-refractivity contribution in [3.63, 3.8) is 0 Å². The van der Waals surface area contributed by atoms with E-state index in [0.717, 1.165) is 12.0 Å². The van der Waals surface area contributed by atoms with E-state index in [0.29, 0.717) is 32.8 Å². The van der Waals surface area contributed by atoms with Gasteiger partial charge in [0.15, 0.2) is 0 Å². The van der Waals surface area contributed by atoms with Crippen molar-refractivity contribution in [3.05, 3.63) is 96.6 Å². The van der Waals surface area contributed by atoms with Gasteiger partial charge in [0.1, 0.15) is 6.10 Å². The lowest BCUT2D eigenvalue weighted by molar-refractivity contribution is -0.0849. The Morgan fingerprint density at radius 1 is 0.778 bits per heavy atom. The second-order valence-electron chi connectivity index (χ2n) is 10.3. The lowest BCUT2D eigenvalue weighted by Gasteiger charge is -2.43. The highest BCUT2D eigenvalue weighted by atomic mass is 28.4. The molecular weight excluding hydrogens is 464 g/mol. The molecule has 0 saturated carbocycles. The van der Waals surface area contributed by atoms with Gasteiger partial charge in [-0.1, -0.05) is 119 Å². The molecule has 0 aliphatic rings. The quantitative estimate of drug-likeness (QED) is 0.237. The van der Waals surface area contributed by atoms with Gasteiger partial charge in [0.25, 0.3) is 8.32 Å². The standard InChI is InChI=1S/C31H42O4Si/c1-5-29(32)30(25-33-24-26-16-9-6-10-17-26)34-22-15-23-35-36(31(2,3)4,27-18-11-7-12-19-27)28-20-13-8-14-21-28/h6-14,16-21,29-30,32H,5,15,22-25H2,1-4H3/t29-,30+/m1/s1. The highest BCUT2D eigenvalue weighted by Crippen LogP contribution is 2.36. The van der Waals surface area contributed by atoms with E-state index in [2.05, 4.69) is 81.4 Å². The Labute approximate surface area is 218 Å². The van der Waals surface area contributed by atoms with E-state index in [4.69, 9.17) is 13.9 Å². The smallest absolute Gasteiger partial charge is 0.261 e. The second kappa shape index (κ2) is 13.9. The predicted octanol–water partition coefficient (Wildman–Crippen LogP) is 5.33. The highest BCUT2D eigenvalue weighted by Gasteiger charge is 2.49. The molecule has 3 aromatic carbocycles. The van der Waals surface area contributed by atoms with Crippen molar-refractivity contribution in [1.82, 2.24) is 0 Å². The van der Waals surface area contributed by atoms with Gasteiger partial charge in [-0.05, 0) is 33.8 Å². The second-order valence-corrected chi connectivity index (χ2v) is 14.6. The summed E-state index contributed by atoms with van der Waals surface area (Å²) in [6.07, 6.45) is 0.457. The molecule has 36 heavy (non-hydrogen) atoms. The van der Waals surface area contributed by atoms with Gasteiger partial charge in [-0.2, -0.15) is 0 Å². The Hall–Kier alpha value is -2.28. The summed E-state index contributed by atoms with van der Waals surface area (Å²) < 4.78 is 18.9. The Kier molecular flexibility index (Phi) is 10.9. The topological polar surface area (TPSA) is 47.9 Å². The van der Waals surface area contributed by atoms with E-state index in [1.54, 1.807) is 0 Å². The van der Waals surface area contributed by atoms with Crippen molar-refractivity contribution in [2.24, 2.45) is 0 Å². The van der Waals surface area contributed by atoms with Crippen molar-refractivity contribution >= 4 is 18.7 Å². The van der Waals surface area contributed by atoms with Crippen LogP contribution in [0.1, 0.15) is 46.1 Å². The monoisotopic (exact) mass is 506 g/mol. The maximum absolute atomic E-state index is 10.5. The van der Waals surface area contributed by atoms with E-state index in [1.165, 1.54) is 10.4 Å². The number of aliphatic hydroxyl groups is 1. The van der Waals surface area contributed by atoms with Gasteiger partial charge >= 0.3 is 0 Å². The lowest BCUT2D eigenvalue weighted by atomic mass is 10.1. The summed E-state index contributed by atoms with van der Waals surface area (Å²) in [6.45, 7) is 10.8. The van der Waals surface area contributed by atoms with Crippen molar-refractivity contribution < 1.29 is 19.0 Å². The fourth-order valence-corrected chi connectivity index (χ4v) is 9.29. The summed E-state index contributed by atoms with van der Waals surface area (Å²) in [5, 5.41) is 13.0. The van der Waals surface area contributed by atoms with Crippen molar-refractivity contribution in [3.8, 4) is 0 Å².